The van der Waals surface area contributed by atoms with Gasteiger partial charge in [-0.25, -0.2) is 4.79 Å². The summed E-state index contributed by atoms with van der Waals surface area (Å²) in [6.07, 6.45) is 1.07. The van der Waals surface area contributed by atoms with Crippen LogP contribution in [0.5, 0.6) is 0 Å². The molecule has 0 radical (unpaired) electrons. The number of carbonyl (C=O) groups is 2. The quantitative estimate of drug-likeness (QED) is 0.817. The molecule has 2 amide bonds. The summed E-state index contributed by atoms with van der Waals surface area (Å²) in [5.41, 5.74) is 0. The molecule has 1 fully saturated rings. The Morgan fingerprint density at radius 1 is 1.44 bits per heavy atom. The highest BCUT2D eigenvalue weighted by molar-refractivity contribution is 5.75. The first-order valence-electron chi connectivity index (χ1n) is 6.71. The zero-order valence-electron chi connectivity index (χ0n) is 11.6. The molecule has 0 aromatic carbocycles. The van der Waals surface area contributed by atoms with Crippen molar-refractivity contribution in [3.63, 3.8) is 0 Å². The third-order valence-corrected chi connectivity index (χ3v) is 3.69. The topological polar surface area (TPSA) is 60.9 Å². The zero-order chi connectivity index (χ0) is 13.7. The Morgan fingerprint density at radius 3 is 2.56 bits per heavy atom. The molecule has 1 aliphatic rings. The maximum absolute atomic E-state index is 12.2. The molecule has 104 valence electrons. The van der Waals surface area contributed by atoms with Gasteiger partial charge in [0.2, 0.25) is 0 Å². The van der Waals surface area contributed by atoms with Crippen LogP contribution in [0.3, 0.4) is 0 Å². The van der Waals surface area contributed by atoms with Crippen molar-refractivity contribution in [2.45, 2.75) is 33.6 Å². The van der Waals surface area contributed by atoms with Gasteiger partial charge in [0.05, 0.1) is 6.42 Å². The van der Waals surface area contributed by atoms with Crippen LogP contribution < -0.4 is 0 Å². The Hall–Kier alpha value is -1.26. The van der Waals surface area contributed by atoms with Crippen LogP contribution in [0.15, 0.2) is 0 Å². The minimum absolute atomic E-state index is 0.0121. The number of rotatable bonds is 5. The molecule has 5 nitrogen and oxygen atoms in total. The first-order valence-corrected chi connectivity index (χ1v) is 6.71. The molecular formula is C13H24N2O3. The van der Waals surface area contributed by atoms with Crippen molar-refractivity contribution >= 4 is 12.0 Å². The smallest absolute Gasteiger partial charge is 0.320 e. The number of carboxylic acids is 1. The molecular weight excluding hydrogens is 232 g/mol. The highest BCUT2D eigenvalue weighted by Crippen LogP contribution is 2.24. The van der Waals surface area contributed by atoms with E-state index in [4.69, 9.17) is 5.11 Å². The summed E-state index contributed by atoms with van der Waals surface area (Å²) >= 11 is 0. The van der Waals surface area contributed by atoms with Gasteiger partial charge in [-0.05, 0) is 25.2 Å². The van der Waals surface area contributed by atoms with Crippen molar-refractivity contribution in [1.29, 1.82) is 0 Å². The number of carboxylic acid groups (broad SMARTS) is 1. The standard InChI is InChI=1S/C13H24N2O3/c1-4-14(8-6-12(16)17)13(18)15-7-5-11(9-15)10(2)3/h10-11H,4-9H2,1-3H3,(H,16,17). The van der Waals surface area contributed by atoms with E-state index in [1.807, 2.05) is 11.8 Å². The SMILES string of the molecule is CCN(CCC(=O)O)C(=O)N1CCC(C(C)C)C1. The molecule has 1 atom stereocenters. The van der Waals surface area contributed by atoms with E-state index in [2.05, 4.69) is 13.8 Å². The second-order valence-corrected chi connectivity index (χ2v) is 5.24. The van der Waals surface area contributed by atoms with Gasteiger partial charge in [0.1, 0.15) is 0 Å². The summed E-state index contributed by atoms with van der Waals surface area (Å²) in [6.45, 7) is 8.71. The second-order valence-electron chi connectivity index (χ2n) is 5.24. The predicted octanol–water partition coefficient (Wildman–Crippen LogP) is 1.88. The molecule has 0 aliphatic carbocycles. The van der Waals surface area contributed by atoms with Crippen LogP contribution in [-0.4, -0.2) is 53.1 Å². The predicted molar refractivity (Wildman–Crippen MR) is 69.4 cm³/mol. The van der Waals surface area contributed by atoms with E-state index in [0.29, 0.717) is 24.9 Å². The number of carbonyl (C=O) groups excluding carboxylic acids is 1. The molecule has 5 heteroatoms. The van der Waals surface area contributed by atoms with Gasteiger partial charge in [0, 0.05) is 26.2 Å². The summed E-state index contributed by atoms with van der Waals surface area (Å²) in [4.78, 5) is 26.2. The summed E-state index contributed by atoms with van der Waals surface area (Å²) in [5, 5.41) is 8.67. The van der Waals surface area contributed by atoms with Crippen LogP contribution in [0.4, 0.5) is 4.79 Å². The lowest BCUT2D eigenvalue weighted by atomic mass is 9.95. The Balaban J connectivity index is 2.49. The monoisotopic (exact) mass is 256 g/mol. The number of amides is 2. The van der Waals surface area contributed by atoms with Gasteiger partial charge in [0.15, 0.2) is 0 Å². The maximum Gasteiger partial charge on any atom is 0.320 e. The highest BCUT2D eigenvalue weighted by atomic mass is 16.4. The number of nitrogens with zero attached hydrogens (tertiary/aromatic N) is 2. The average molecular weight is 256 g/mol. The lowest BCUT2D eigenvalue weighted by Gasteiger charge is -2.27. The molecule has 1 unspecified atom stereocenters. The van der Waals surface area contributed by atoms with Crippen LogP contribution in [0.2, 0.25) is 0 Å². The highest BCUT2D eigenvalue weighted by Gasteiger charge is 2.30. The van der Waals surface area contributed by atoms with Gasteiger partial charge in [-0.1, -0.05) is 13.8 Å². The van der Waals surface area contributed by atoms with Crippen LogP contribution in [0, 0.1) is 11.8 Å². The van der Waals surface area contributed by atoms with Crippen molar-refractivity contribution in [3.05, 3.63) is 0 Å². The third kappa shape index (κ3) is 3.89. The molecule has 1 N–H and O–H groups in total. The lowest BCUT2D eigenvalue weighted by Crippen LogP contribution is -2.43. The average Bonchev–Trinajstić information content (AvgIpc) is 2.78. The first-order chi connectivity index (χ1) is 8.45. The van der Waals surface area contributed by atoms with Crippen molar-refractivity contribution in [3.8, 4) is 0 Å². The minimum Gasteiger partial charge on any atom is -0.481 e. The summed E-state index contributed by atoms with van der Waals surface area (Å²) < 4.78 is 0. The van der Waals surface area contributed by atoms with E-state index in [-0.39, 0.29) is 12.5 Å². The van der Waals surface area contributed by atoms with Crippen molar-refractivity contribution in [2.24, 2.45) is 11.8 Å². The fourth-order valence-corrected chi connectivity index (χ4v) is 2.32. The molecule has 1 saturated heterocycles. The summed E-state index contributed by atoms with van der Waals surface area (Å²) in [6, 6.07) is -0.0121. The van der Waals surface area contributed by atoms with E-state index in [0.717, 1.165) is 19.5 Å². The van der Waals surface area contributed by atoms with E-state index in [1.54, 1.807) is 4.90 Å². The van der Waals surface area contributed by atoms with Gasteiger partial charge in [0.25, 0.3) is 0 Å². The maximum atomic E-state index is 12.2. The van der Waals surface area contributed by atoms with E-state index < -0.39 is 5.97 Å². The molecule has 0 spiro atoms. The fraction of sp³-hybridized carbons (Fsp3) is 0.846. The van der Waals surface area contributed by atoms with E-state index in [1.165, 1.54) is 0 Å². The number of urea groups is 1. The van der Waals surface area contributed by atoms with E-state index >= 15 is 0 Å². The molecule has 1 aliphatic heterocycles. The van der Waals surface area contributed by atoms with Crippen LogP contribution in [-0.2, 0) is 4.79 Å². The van der Waals surface area contributed by atoms with Crippen molar-refractivity contribution in [1.82, 2.24) is 9.80 Å². The molecule has 0 aromatic heterocycles. The van der Waals surface area contributed by atoms with Gasteiger partial charge < -0.3 is 14.9 Å². The Labute approximate surface area is 109 Å². The first kappa shape index (κ1) is 14.8. The van der Waals surface area contributed by atoms with Crippen molar-refractivity contribution < 1.29 is 14.7 Å². The normalized spacial score (nSPS) is 19.3. The lowest BCUT2D eigenvalue weighted by molar-refractivity contribution is -0.137. The fourth-order valence-electron chi connectivity index (χ4n) is 2.32. The molecule has 1 heterocycles. The van der Waals surface area contributed by atoms with Gasteiger partial charge >= 0.3 is 12.0 Å². The number of likely N-dealkylation sites (tertiary alicyclic amines) is 1. The molecule has 0 aromatic rings. The van der Waals surface area contributed by atoms with Crippen LogP contribution in [0.1, 0.15) is 33.6 Å². The molecule has 18 heavy (non-hydrogen) atoms. The van der Waals surface area contributed by atoms with Gasteiger partial charge in [-0.2, -0.15) is 0 Å². The molecule has 0 saturated carbocycles. The molecule has 0 bridgehead atoms. The zero-order valence-corrected chi connectivity index (χ0v) is 11.6. The molecule has 1 rings (SSSR count). The Morgan fingerprint density at radius 2 is 2.11 bits per heavy atom. The van der Waals surface area contributed by atoms with E-state index in [9.17, 15) is 9.59 Å². The Kier molecular flexibility index (Phi) is 5.44. The van der Waals surface area contributed by atoms with Gasteiger partial charge in [-0.15, -0.1) is 0 Å². The van der Waals surface area contributed by atoms with Gasteiger partial charge in [-0.3, -0.25) is 4.79 Å². The number of aliphatic carboxylic acids is 1. The van der Waals surface area contributed by atoms with Crippen molar-refractivity contribution in [2.75, 3.05) is 26.2 Å². The van der Waals surface area contributed by atoms with Crippen LogP contribution in [0.25, 0.3) is 0 Å². The largest absolute Gasteiger partial charge is 0.481 e. The Bertz CT molecular complexity index is 305. The second kappa shape index (κ2) is 6.61. The van der Waals surface area contributed by atoms with Crippen LogP contribution >= 0.6 is 0 Å². The minimum atomic E-state index is -0.859. The summed E-state index contributed by atoms with van der Waals surface area (Å²) in [7, 11) is 0. The third-order valence-electron chi connectivity index (χ3n) is 3.69. The summed E-state index contributed by atoms with van der Waals surface area (Å²) in [5.74, 6) is 0.312. The number of hydrogen-bond donors (Lipinski definition) is 1. The number of hydrogen-bond acceptors (Lipinski definition) is 2.